The van der Waals surface area contributed by atoms with Crippen LogP contribution in [0, 0.1) is 10.8 Å². The summed E-state index contributed by atoms with van der Waals surface area (Å²) in [4.78, 5) is 62.3. The fourth-order valence-electron chi connectivity index (χ4n) is 8.08. The molecule has 2 unspecified atom stereocenters. The molecule has 2 saturated heterocycles. The van der Waals surface area contributed by atoms with Crippen molar-refractivity contribution in [3.8, 4) is 22.5 Å². The van der Waals surface area contributed by atoms with Crippen molar-refractivity contribution in [2.75, 3.05) is 13.1 Å². The molecule has 4 aliphatic rings. The van der Waals surface area contributed by atoms with Gasteiger partial charge in [-0.2, -0.15) is 26.3 Å². The van der Waals surface area contributed by atoms with Crippen LogP contribution in [0.1, 0.15) is 82.1 Å². The molecule has 23 heteroatoms. The van der Waals surface area contributed by atoms with Crippen LogP contribution < -0.4 is 5.32 Å². The highest BCUT2D eigenvalue weighted by Gasteiger charge is 2.75. The van der Waals surface area contributed by atoms with Crippen LogP contribution in [-0.2, 0) is 39.5 Å². The maximum Gasteiger partial charge on any atom is 0.433 e. The van der Waals surface area contributed by atoms with Gasteiger partial charge < -0.3 is 10.1 Å². The van der Waals surface area contributed by atoms with Gasteiger partial charge in [-0.25, -0.2) is 42.3 Å². The third-order valence-electron chi connectivity index (χ3n) is 11.9. The molecule has 0 radical (unpaired) electrons. The molecule has 4 fully saturated rings. The van der Waals surface area contributed by atoms with E-state index in [4.69, 9.17) is 4.74 Å². The second kappa shape index (κ2) is 18.0. The van der Waals surface area contributed by atoms with Crippen LogP contribution in [0.2, 0.25) is 0 Å². The second-order valence-electron chi connectivity index (χ2n) is 17.9. The Kier molecular flexibility index (Phi) is 13.7. The van der Waals surface area contributed by atoms with Crippen molar-refractivity contribution in [1.82, 2.24) is 40.1 Å². The van der Waals surface area contributed by atoms with Gasteiger partial charge in [0.05, 0.1) is 34.3 Å². The minimum absolute atomic E-state index is 0. The van der Waals surface area contributed by atoms with Crippen molar-refractivity contribution < 1.29 is 63.0 Å². The SMILES string of the molecule is CC(C)(C)OC(=O)N1CC2(C[C@H]1C(=O)CCc1cc(-c3ccc(C(F)(F)F)nc3)ncn1)CC2(F)F.Cl.O=C(CCc1cc(-c2ccc(C(F)(F)F)nc2)ncn1)[C@@H]1CC2(CN1)CC2(F)F. The number of amides is 1. The van der Waals surface area contributed by atoms with Gasteiger partial charge in [0.15, 0.2) is 5.78 Å². The number of aryl methyl sites for hydroxylation is 2. The lowest BCUT2D eigenvalue weighted by Gasteiger charge is -2.28. The van der Waals surface area contributed by atoms with E-state index in [1.807, 2.05) is 0 Å². The lowest BCUT2D eigenvalue weighted by molar-refractivity contribution is -0.141. The summed E-state index contributed by atoms with van der Waals surface area (Å²) in [5, 5.41) is 2.89. The monoisotopic (exact) mass is 960 g/mol. The predicted octanol–water partition coefficient (Wildman–Crippen LogP) is 8.96. The van der Waals surface area contributed by atoms with Gasteiger partial charge in [0, 0.05) is 73.7 Å². The minimum Gasteiger partial charge on any atom is -0.444 e. The van der Waals surface area contributed by atoms with Gasteiger partial charge in [0.1, 0.15) is 35.4 Å². The summed E-state index contributed by atoms with van der Waals surface area (Å²) in [6.45, 7) is 4.85. The topological polar surface area (TPSA) is 153 Å². The summed E-state index contributed by atoms with van der Waals surface area (Å²) in [5.74, 6) is -6.16. The highest BCUT2D eigenvalue weighted by Crippen LogP contribution is 2.66. The van der Waals surface area contributed by atoms with E-state index in [0.29, 0.717) is 33.9 Å². The Bertz CT molecular complexity index is 2440. The molecule has 356 valence electrons. The molecule has 8 rings (SSSR count). The number of Topliss-reactive ketones (excluding diaryl/α,β-unsaturated/α-hetero) is 2. The molecule has 2 aliphatic heterocycles. The first-order valence-corrected chi connectivity index (χ1v) is 20.4. The van der Waals surface area contributed by atoms with Crippen molar-refractivity contribution in [2.45, 2.75) is 114 Å². The zero-order valence-corrected chi connectivity index (χ0v) is 36.3. The largest absolute Gasteiger partial charge is 0.444 e. The number of likely N-dealkylation sites (tertiary alicyclic amines) is 1. The van der Waals surface area contributed by atoms with E-state index < -0.39 is 76.0 Å². The number of halogens is 11. The van der Waals surface area contributed by atoms with Crippen LogP contribution in [0.25, 0.3) is 22.5 Å². The first kappa shape index (κ1) is 50.0. The Balaban J connectivity index is 0.000000220. The number of ether oxygens (including phenoxy) is 1. The fraction of sp³-hybridized carbons (Fsp3) is 0.512. The Hall–Kier alpha value is -5.38. The number of carbonyl (C=O) groups excluding carboxylic acids is 3. The fourth-order valence-corrected chi connectivity index (χ4v) is 8.08. The molecule has 0 bridgehead atoms. The van der Waals surface area contributed by atoms with Crippen molar-refractivity contribution >= 4 is 30.1 Å². The first-order valence-electron chi connectivity index (χ1n) is 20.4. The summed E-state index contributed by atoms with van der Waals surface area (Å²) in [5.41, 5.74) is -2.94. The summed E-state index contributed by atoms with van der Waals surface area (Å²) >= 11 is 0. The molecule has 4 atom stereocenters. The van der Waals surface area contributed by atoms with Crippen molar-refractivity contribution in [1.29, 1.82) is 0 Å². The molecule has 4 aromatic heterocycles. The molecule has 12 nitrogen and oxygen atoms in total. The lowest BCUT2D eigenvalue weighted by Crippen LogP contribution is -2.43. The highest BCUT2D eigenvalue weighted by atomic mass is 35.5. The molecule has 66 heavy (non-hydrogen) atoms. The van der Waals surface area contributed by atoms with Crippen molar-refractivity contribution in [3.63, 3.8) is 0 Å². The molecular weight excluding hydrogens is 918 g/mol. The van der Waals surface area contributed by atoms with Gasteiger partial charge in [-0.15, -0.1) is 12.4 Å². The van der Waals surface area contributed by atoms with E-state index in [1.54, 1.807) is 26.8 Å². The van der Waals surface area contributed by atoms with Crippen LogP contribution in [0.4, 0.5) is 48.7 Å². The normalized spacial score (nSPS) is 23.7. The predicted molar refractivity (Wildman–Crippen MR) is 216 cm³/mol. The number of nitrogens with zero attached hydrogens (tertiary/aromatic N) is 7. The third kappa shape index (κ3) is 11.1. The Morgan fingerprint density at radius 1 is 0.697 bits per heavy atom. The molecular formula is C43H43ClF10N8O4. The number of rotatable bonds is 10. The number of ketones is 2. The molecule has 1 amide bonds. The molecule has 0 aromatic carbocycles. The summed E-state index contributed by atoms with van der Waals surface area (Å²) in [7, 11) is 0. The van der Waals surface area contributed by atoms with Crippen molar-refractivity contribution in [3.05, 3.63) is 84.2 Å². The number of hydrogen-bond donors (Lipinski definition) is 1. The van der Waals surface area contributed by atoms with Crippen LogP contribution in [0.15, 0.2) is 61.4 Å². The van der Waals surface area contributed by atoms with Gasteiger partial charge in [0.25, 0.3) is 11.8 Å². The van der Waals surface area contributed by atoms with Crippen LogP contribution in [0.5, 0.6) is 0 Å². The highest BCUT2D eigenvalue weighted by molar-refractivity contribution is 5.89. The molecule has 2 saturated carbocycles. The summed E-state index contributed by atoms with van der Waals surface area (Å²) in [6.07, 6.45) is -5.36. The van der Waals surface area contributed by atoms with E-state index in [1.165, 1.54) is 30.9 Å². The van der Waals surface area contributed by atoms with Crippen molar-refractivity contribution in [2.24, 2.45) is 10.8 Å². The number of alkyl halides is 10. The average Bonchev–Trinajstić information content (AvgIpc) is 3.69. The van der Waals surface area contributed by atoms with Crippen LogP contribution in [0.3, 0.4) is 0 Å². The second-order valence-corrected chi connectivity index (χ2v) is 17.9. The Labute approximate surface area is 377 Å². The molecule has 4 aromatic rings. The number of aromatic nitrogens is 6. The van der Waals surface area contributed by atoms with Crippen LogP contribution >= 0.6 is 12.4 Å². The van der Waals surface area contributed by atoms with Gasteiger partial charge in [-0.1, -0.05) is 0 Å². The Morgan fingerprint density at radius 2 is 1.17 bits per heavy atom. The number of carbonyl (C=O) groups is 3. The number of hydrogen-bond acceptors (Lipinski definition) is 11. The standard InChI is InChI=1S/C24H25F5N4O3.C19H17F5N4O.ClH/c1-21(2,3)36-20(35)33-12-22(11-23(22,25)26)9-17(33)18(34)6-5-15-8-16(32-13-31-15)14-4-7-19(30-10-14)24(27,28)29;20-18(21)8-17(18)6-14(26-9-17)15(29)3-2-12-5-13(28-10-27-12)11-1-4-16(25-7-11)19(22,23)24;/h4,7-8,10,13,17H,5-6,9,11-12H2,1-3H3;1,4-5,7,10,14,26H,2-3,6,8-9H2;1H/t17-,22?;14-,17?;/m00./s1. The zero-order valence-electron chi connectivity index (χ0n) is 35.5. The lowest BCUT2D eigenvalue weighted by atomic mass is 9.97. The third-order valence-corrected chi connectivity index (χ3v) is 11.9. The maximum atomic E-state index is 14.1. The van der Waals surface area contributed by atoms with Gasteiger partial charge in [-0.3, -0.25) is 24.5 Å². The smallest absolute Gasteiger partial charge is 0.433 e. The summed E-state index contributed by atoms with van der Waals surface area (Å²) < 4.78 is 136. The van der Waals surface area contributed by atoms with E-state index >= 15 is 0 Å². The van der Waals surface area contributed by atoms with E-state index in [0.717, 1.165) is 29.4 Å². The van der Waals surface area contributed by atoms with Gasteiger partial charge in [-0.05, 0) is 82.9 Å². The van der Waals surface area contributed by atoms with E-state index in [9.17, 15) is 58.3 Å². The van der Waals surface area contributed by atoms with E-state index in [2.05, 4.69) is 35.2 Å². The number of pyridine rings is 2. The summed E-state index contributed by atoms with van der Waals surface area (Å²) in [6, 6.07) is 5.71. The number of nitrogens with one attached hydrogen (secondary N) is 1. The van der Waals surface area contributed by atoms with E-state index in [-0.39, 0.29) is 82.6 Å². The maximum absolute atomic E-state index is 14.1. The first-order chi connectivity index (χ1) is 30.2. The zero-order chi connectivity index (χ0) is 47.4. The van der Waals surface area contributed by atoms with Gasteiger partial charge in [0.2, 0.25) is 0 Å². The molecule has 6 heterocycles. The van der Waals surface area contributed by atoms with Crippen LogP contribution in [-0.4, -0.2) is 95.1 Å². The molecule has 2 aliphatic carbocycles. The average molecular weight is 961 g/mol. The molecule has 1 N–H and O–H groups in total. The molecule has 2 spiro atoms. The van der Waals surface area contributed by atoms with Gasteiger partial charge >= 0.3 is 18.4 Å². The quantitative estimate of drug-likeness (QED) is 0.152. The Morgan fingerprint density at radius 3 is 1.56 bits per heavy atom. The minimum atomic E-state index is -4.56.